The second-order valence-corrected chi connectivity index (χ2v) is 1.84. The largest absolute Gasteiger partial charge is 0.356 e. The molecule has 0 fully saturated rings. The summed E-state index contributed by atoms with van der Waals surface area (Å²) >= 11 is 0. The molecule has 9 heavy (non-hydrogen) atoms. The molecule has 0 aromatic rings. The highest BCUT2D eigenvalue weighted by atomic mass is 16.5. The molecule has 1 unspecified atom stereocenters. The summed E-state index contributed by atoms with van der Waals surface area (Å²) in [6, 6.07) is 0. The maximum absolute atomic E-state index is 4.95. The lowest BCUT2D eigenvalue weighted by Gasteiger charge is -2.11. The zero-order valence-electron chi connectivity index (χ0n) is 5.59. The van der Waals surface area contributed by atoms with Gasteiger partial charge in [-0.15, -0.1) is 0 Å². The monoisotopic (exact) mass is 126 g/mol. The van der Waals surface area contributed by atoms with Gasteiger partial charge in [-0.25, -0.2) is 4.99 Å². The van der Waals surface area contributed by atoms with Gasteiger partial charge in [0.2, 0.25) is 0 Å². The number of aliphatic imine (C=N–C) groups is 1. The van der Waals surface area contributed by atoms with Gasteiger partial charge in [0, 0.05) is 13.3 Å². The van der Waals surface area contributed by atoms with Crippen molar-refractivity contribution in [2.24, 2.45) is 4.99 Å². The van der Waals surface area contributed by atoms with Crippen molar-refractivity contribution in [1.29, 1.82) is 0 Å². The van der Waals surface area contributed by atoms with Crippen LogP contribution in [0.5, 0.6) is 0 Å². The van der Waals surface area contributed by atoms with E-state index in [-0.39, 0.29) is 6.23 Å². The molecule has 0 spiro atoms. The Hall–Kier alpha value is -0.830. The molecule has 50 valence electrons. The summed E-state index contributed by atoms with van der Waals surface area (Å²) in [6.07, 6.45) is 3.59. The molecule has 1 heterocycles. The molecule has 0 saturated heterocycles. The SMILES string of the molecule is COC1C=CNC(C)=N1. The third-order valence-corrected chi connectivity index (χ3v) is 1.12. The summed E-state index contributed by atoms with van der Waals surface area (Å²) in [7, 11) is 1.64. The molecule has 1 aliphatic rings. The molecule has 3 nitrogen and oxygen atoms in total. The number of nitrogens with zero attached hydrogens (tertiary/aromatic N) is 1. The molecule has 0 bridgehead atoms. The maximum Gasteiger partial charge on any atom is 0.170 e. The fourth-order valence-electron chi connectivity index (χ4n) is 0.653. The van der Waals surface area contributed by atoms with E-state index < -0.39 is 0 Å². The van der Waals surface area contributed by atoms with Crippen LogP contribution in [0.25, 0.3) is 0 Å². The molecule has 1 atom stereocenters. The average Bonchev–Trinajstić information content (AvgIpc) is 1.88. The normalized spacial score (nSPS) is 25.1. The fraction of sp³-hybridized carbons (Fsp3) is 0.500. The first-order chi connectivity index (χ1) is 4.33. The van der Waals surface area contributed by atoms with E-state index in [0.717, 1.165) is 5.84 Å². The third kappa shape index (κ3) is 1.54. The smallest absolute Gasteiger partial charge is 0.170 e. The van der Waals surface area contributed by atoms with Gasteiger partial charge in [-0.3, -0.25) is 0 Å². The van der Waals surface area contributed by atoms with Crippen molar-refractivity contribution in [2.45, 2.75) is 13.2 Å². The Morgan fingerprint density at radius 2 is 2.56 bits per heavy atom. The lowest BCUT2D eigenvalue weighted by molar-refractivity contribution is 0.147. The number of rotatable bonds is 1. The van der Waals surface area contributed by atoms with Gasteiger partial charge in [0.05, 0.1) is 0 Å². The molecule has 1 aliphatic heterocycles. The molecule has 0 amide bonds. The fourth-order valence-corrected chi connectivity index (χ4v) is 0.653. The van der Waals surface area contributed by atoms with Crippen LogP contribution >= 0.6 is 0 Å². The van der Waals surface area contributed by atoms with Crippen molar-refractivity contribution >= 4 is 5.84 Å². The van der Waals surface area contributed by atoms with Crippen LogP contribution in [0.2, 0.25) is 0 Å². The van der Waals surface area contributed by atoms with Gasteiger partial charge in [0.1, 0.15) is 5.84 Å². The Morgan fingerprint density at radius 1 is 1.78 bits per heavy atom. The van der Waals surface area contributed by atoms with Crippen molar-refractivity contribution in [1.82, 2.24) is 5.32 Å². The molecule has 0 saturated carbocycles. The van der Waals surface area contributed by atoms with Gasteiger partial charge in [0.25, 0.3) is 0 Å². The van der Waals surface area contributed by atoms with E-state index in [9.17, 15) is 0 Å². The van der Waals surface area contributed by atoms with Crippen LogP contribution in [-0.4, -0.2) is 19.2 Å². The van der Waals surface area contributed by atoms with Crippen molar-refractivity contribution < 1.29 is 4.74 Å². The minimum Gasteiger partial charge on any atom is -0.356 e. The first-order valence-electron chi connectivity index (χ1n) is 2.83. The van der Waals surface area contributed by atoms with E-state index in [0.29, 0.717) is 0 Å². The molecule has 0 aliphatic carbocycles. The summed E-state index contributed by atoms with van der Waals surface area (Å²) in [5.41, 5.74) is 0. The lowest BCUT2D eigenvalue weighted by Crippen LogP contribution is -2.22. The van der Waals surface area contributed by atoms with E-state index in [2.05, 4.69) is 10.3 Å². The van der Waals surface area contributed by atoms with E-state index in [1.54, 1.807) is 7.11 Å². The summed E-state index contributed by atoms with van der Waals surface area (Å²) < 4.78 is 4.95. The molecular formula is C6H10N2O. The number of methoxy groups -OCH3 is 1. The highest BCUT2D eigenvalue weighted by Gasteiger charge is 2.02. The van der Waals surface area contributed by atoms with Crippen molar-refractivity contribution in [3.05, 3.63) is 12.3 Å². The van der Waals surface area contributed by atoms with Gasteiger partial charge in [-0.2, -0.15) is 0 Å². The van der Waals surface area contributed by atoms with Crippen LogP contribution in [0.15, 0.2) is 17.3 Å². The average molecular weight is 126 g/mol. The van der Waals surface area contributed by atoms with E-state index >= 15 is 0 Å². The topological polar surface area (TPSA) is 33.6 Å². The minimum absolute atomic E-state index is 0.0914. The van der Waals surface area contributed by atoms with Gasteiger partial charge in [-0.05, 0) is 13.0 Å². The number of hydrogen-bond donors (Lipinski definition) is 1. The summed E-state index contributed by atoms with van der Waals surface area (Å²) in [6.45, 7) is 1.90. The van der Waals surface area contributed by atoms with E-state index in [1.807, 2.05) is 19.2 Å². The molecule has 0 aromatic carbocycles. The van der Waals surface area contributed by atoms with Crippen LogP contribution in [0, 0.1) is 0 Å². The quantitative estimate of drug-likeness (QED) is 0.555. The highest BCUT2D eigenvalue weighted by molar-refractivity contribution is 5.81. The van der Waals surface area contributed by atoms with Crippen LogP contribution < -0.4 is 5.32 Å². The first-order valence-corrected chi connectivity index (χ1v) is 2.83. The van der Waals surface area contributed by atoms with Crippen LogP contribution in [-0.2, 0) is 4.74 Å². The second kappa shape index (κ2) is 2.64. The Morgan fingerprint density at radius 3 is 3.00 bits per heavy atom. The maximum atomic E-state index is 4.95. The molecule has 1 N–H and O–H groups in total. The molecular weight excluding hydrogens is 116 g/mol. The van der Waals surface area contributed by atoms with Gasteiger partial charge < -0.3 is 10.1 Å². The lowest BCUT2D eigenvalue weighted by atomic mass is 10.4. The van der Waals surface area contributed by atoms with Gasteiger partial charge in [-0.1, -0.05) is 0 Å². The van der Waals surface area contributed by atoms with Crippen LogP contribution in [0.4, 0.5) is 0 Å². The predicted octanol–water partition coefficient (Wildman–Crippen LogP) is 0.494. The van der Waals surface area contributed by atoms with Crippen LogP contribution in [0.1, 0.15) is 6.92 Å². The van der Waals surface area contributed by atoms with Crippen LogP contribution in [0.3, 0.4) is 0 Å². The number of nitrogens with one attached hydrogen (secondary N) is 1. The molecule has 0 radical (unpaired) electrons. The van der Waals surface area contributed by atoms with Crippen molar-refractivity contribution in [3.8, 4) is 0 Å². The summed E-state index contributed by atoms with van der Waals surface area (Å²) in [5, 5.41) is 2.94. The van der Waals surface area contributed by atoms with Gasteiger partial charge >= 0.3 is 0 Å². The van der Waals surface area contributed by atoms with Gasteiger partial charge in [0.15, 0.2) is 6.23 Å². The van der Waals surface area contributed by atoms with Crippen molar-refractivity contribution in [2.75, 3.05) is 7.11 Å². The standard InChI is InChI=1S/C6H10N2O/c1-5-7-4-3-6(8-5)9-2/h3-4,6H,1-2H3,(H,7,8). The second-order valence-electron chi connectivity index (χ2n) is 1.84. The predicted molar refractivity (Wildman–Crippen MR) is 36.2 cm³/mol. The Labute approximate surface area is 54.4 Å². The van der Waals surface area contributed by atoms with Crippen molar-refractivity contribution in [3.63, 3.8) is 0 Å². The highest BCUT2D eigenvalue weighted by Crippen LogP contribution is 1.97. The number of hydrogen-bond acceptors (Lipinski definition) is 3. The third-order valence-electron chi connectivity index (χ3n) is 1.12. The zero-order valence-corrected chi connectivity index (χ0v) is 5.59. The zero-order chi connectivity index (χ0) is 6.69. The Bertz CT molecular complexity index is 151. The molecule has 1 rings (SSSR count). The summed E-state index contributed by atoms with van der Waals surface area (Å²) in [5.74, 6) is 0.893. The Kier molecular flexibility index (Phi) is 1.85. The first kappa shape index (κ1) is 6.29. The number of amidine groups is 1. The summed E-state index contributed by atoms with van der Waals surface area (Å²) in [4.78, 5) is 4.10. The van der Waals surface area contributed by atoms with E-state index in [1.165, 1.54) is 0 Å². The molecule has 0 aromatic heterocycles. The van der Waals surface area contributed by atoms with E-state index in [4.69, 9.17) is 4.74 Å². The number of ether oxygens (including phenoxy) is 1. The molecule has 3 heteroatoms. The Balaban J connectivity index is 2.55. The minimum atomic E-state index is -0.0914.